The number of aliphatic hydroxyl groups excluding tert-OH is 1. The second-order valence-corrected chi connectivity index (χ2v) is 8.10. The van der Waals surface area contributed by atoms with Crippen molar-refractivity contribution in [2.75, 3.05) is 32.2 Å². The second kappa shape index (κ2) is 7.60. The van der Waals surface area contributed by atoms with Gasteiger partial charge in [-0.25, -0.2) is 0 Å². The topological polar surface area (TPSA) is 100 Å². The van der Waals surface area contributed by atoms with E-state index in [0.717, 1.165) is 0 Å². The quantitative estimate of drug-likeness (QED) is 0.461. The Kier molecular flexibility index (Phi) is 4.83. The number of nitrogens with zero attached hydrogens (tertiary/aromatic N) is 2. The molecule has 2 aromatic carbocycles. The highest BCUT2D eigenvalue weighted by atomic mass is 16.5. The van der Waals surface area contributed by atoms with E-state index >= 15 is 0 Å². The smallest absolute Gasteiger partial charge is 0.290 e. The maximum atomic E-state index is 13.8. The van der Waals surface area contributed by atoms with Gasteiger partial charge in [-0.2, -0.15) is 0 Å². The molecule has 33 heavy (non-hydrogen) atoms. The van der Waals surface area contributed by atoms with E-state index in [0.29, 0.717) is 35.2 Å². The van der Waals surface area contributed by atoms with Crippen LogP contribution in [0, 0.1) is 0 Å². The molecular formula is C25H22N2O6. The van der Waals surface area contributed by atoms with Crippen molar-refractivity contribution in [3.8, 4) is 0 Å². The van der Waals surface area contributed by atoms with Gasteiger partial charge < -0.3 is 24.1 Å². The predicted molar refractivity (Wildman–Crippen MR) is 120 cm³/mol. The van der Waals surface area contributed by atoms with Crippen molar-refractivity contribution in [2.45, 2.75) is 12.0 Å². The Balaban J connectivity index is 1.72. The monoisotopic (exact) mass is 446 g/mol. The number of carbonyl (C=O) groups excluding carboxylic acids is 3. The molecule has 0 bridgehead atoms. The predicted octanol–water partition coefficient (Wildman–Crippen LogP) is 3.18. The van der Waals surface area contributed by atoms with Crippen molar-refractivity contribution in [3.63, 3.8) is 0 Å². The van der Waals surface area contributed by atoms with Crippen molar-refractivity contribution >= 4 is 34.3 Å². The van der Waals surface area contributed by atoms with Gasteiger partial charge in [0.1, 0.15) is 5.58 Å². The Morgan fingerprint density at radius 1 is 1.12 bits per heavy atom. The zero-order valence-corrected chi connectivity index (χ0v) is 18.2. The number of hydrogen-bond acceptors (Lipinski definition) is 6. The lowest BCUT2D eigenvalue weighted by Gasteiger charge is -2.35. The number of amides is 2. The van der Waals surface area contributed by atoms with Crippen molar-refractivity contribution in [1.29, 1.82) is 0 Å². The van der Waals surface area contributed by atoms with Gasteiger partial charge in [-0.1, -0.05) is 36.4 Å². The summed E-state index contributed by atoms with van der Waals surface area (Å²) in [5.41, 5.74) is -0.545. The Labute approximate surface area is 189 Å². The number of benzene rings is 2. The van der Waals surface area contributed by atoms with Crippen molar-refractivity contribution in [2.24, 2.45) is 0 Å². The van der Waals surface area contributed by atoms with Gasteiger partial charge in [-0.05, 0) is 24.6 Å². The molecule has 3 heterocycles. The second-order valence-electron chi connectivity index (χ2n) is 8.10. The van der Waals surface area contributed by atoms with Crippen LogP contribution in [0.4, 0.5) is 5.69 Å². The average Bonchev–Trinajstić information content (AvgIpc) is 3.43. The number of methoxy groups -OCH3 is 1. The lowest BCUT2D eigenvalue weighted by atomic mass is 9.81. The molecule has 1 unspecified atom stereocenters. The SMILES string of the molecule is COCCCN1C(=O)C(O)=C(C(=O)c2cc3ccccc3o2)C12C(=O)N(C)c1ccccc12. The normalized spacial score (nSPS) is 19.9. The largest absolute Gasteiger partial charge is 0.503 e. The van der Waals surface area contributed by atoms with Gasteiger partial charge >= 0.3 is 0 Å². The third-order valence-corrected chi connectivity index (χ3v) is 6.33. The highest BCUT2D eigenvalue weighted by molar-refractivity contribution is 6.26. The third kappa shape index (κ3) is 2.77. The minimum absolute atomic E-state index is 0.0523. The molecule has 0 saturated carbocycles. The Bertz CT molecular complexity index is 1310. The van der Waals surface area contributed by atoms with E-state index in [4.69, 9.17) is 9.15 Å². The van der Waals surface area contributed by atoms with Crippen LogP contribution in [0.25, 0.3) is 11.0 Å². The molecule has 2 aliphatic rings. The summed E-state index contributed by atoms with van der Waals surface area (Å²) in [7, 11) is 3.13. The number of Topliss-reactive ketones (excluding diaryl/α,β-unsaturated/α-hetero) is 1. The number of rotatable bonds is 6. The summed E-state index contributed by atoms with van der Waals surface area (Å²) in [5, 5.41) is 11.7. The molecule has 1 spiro atoms. The van der Waals surface area contributed by atoms with Crippen LogP contribution < -0.4 is 4.90 Å². The molecule has 0 aliphatic carbocycles. The number of carbonyl (C=O) groups is 3. The number of para-hydroxylation sites is 2. The lowest BCUT2D eigenvalue weighted by molar-refractivity contribution is -0.139. The number of aliphatic hydroxyl groups is 1. The number of ketones is 1. The highest BCUT2D eigenvalue weighted by Crippen LogP contribution is 2.53. The minimum atomic E-state index is -1.78. The molecule has 3 aromatic rings. The summed E-state index contributed by atoms with van der Waals surface area (Å²) < 4.78 is 10.9. The van der Waals surface area contributed by atoms with Gasteiger partial charge in [0.25, 0.3) is 11.8 Å². The first-order valence-electron chi connectivity index (χ1n) is 10.6. The molecule has 2 aliphatic heterocycles. The van der Waals surface area contributed by atoms with Gasteiger partial charge in [-0.3, -0.25) is 14.4 Å². The van der Waals surface area contributed by atoms with Crippen LogP contribution in [0.2, 0.25) is 0 Å². The zero-order valence-electron chi connectivity index (χ0n) is 18.2. The van der Waals surface area contributed by atoms with Crippen molar-refractivity contribution in [1.82, 2.24) is 4.90 Å². The van der Waals surface area contributed by atoms with Crippen LogP contribution in [0.3, 0.4) is 0 Å². The number of anilines is 1. The summed E-state index contributed by atoms with van der Waals surface area (Å²) in [4.78, 5) is 43.6. The Morgan fingerprint density at radius 3 is 2.61 bits per heavy atom. The zero-order chi connectivity index (χ0) is 23.3. The van der Waals surface area contributed by atoms with E-state index in [1.54, 1.807) is 55.6 Å². The standard InChI is InChI=1S/C25H22N2O6/c1-26-17-10-5-4-9-16(17)25(24(26)31)20(22(29)23(30)27(25)12-7-13-32-2)21(28)19-14-15-8-3-6-11-18(15)33-19/h3-6,8-11,14,29H,7,12-13H2,1-2H3. The van der Waals surface area contributed by atoms with E-state index in [9.17, 15) is 19.5 Å². The van der Waals surface area contributed by atoms with Gasteiger partial charge in [0.15, 0.2) is 17.1 Å². The fourth-order valence-electron chi connectivity index (χ4n) is 4.86. The van der Waals surface area contributed by atoms with Crippen molar-refractivity contribution in [3.05, 3.63) is 77.3 Å². The van der Waals surface area contributed by atoms with Gasteiger partial charge in [0.05, 0.1) is 5.57 Å². The van der Waals surface area contributed by atoms with Crippen LogP contribution in [0.1, 0.15) is 22.5 Å². The summed E-state index contributed by atoms with van der Waals surface area (Å²) in [6, 6.07) is 15.6. The van der Waals surface area contributed by atoms with E-state index in [-0.39, 0.29) is 17.9 Å². The van der Waals surface area contributed by atoms with Gasteiger partial charge in [-0.15, -0.1) is 0 Å². The molecule has 0 radical (unpaired) electrons. The lowest BCUT2D eigenvalue weighted by Crippen LogP contribution is -2.53. The minimum Gasteiger partial charge on any atom is -0.503 e. The summed E-state index contributed by atoms with van der Waals surface area (Å²) >= 11 is 0. The molecule has 168 valence electrons. The molecule has 5 rings (SSSR count). The number of ether oxygens (including phenoxy) is 1. The van der Waals surface area contributed by atoms with Crippen LogP contribution in [0.5, 0.6) is 0 Å². The van der Waals surface area contributed by atoms with Crippen LogP contribution in [-0.2, 0) is 19.9 Å². The molecule has 0 saturated heterocycles. The molecule has 8 heteroatoms. The maximum absolute atomic E-state index is 13.8. The molecular weight excluding hydrogens is 424 g/mol. The van der Waals surface area contributed by atoms with Gasteiger partial charge in [0, 0.05) is 43.9 Å². The summed E-state index contributed by atoms with van der Waals surface area (Å²) in [6.07, 6.45) is 0.419. The number of hydrogen-bond donors (Lipinski definition) is 1. The van der Waals surface area contributed by atoms with E-state index in [1.165, 1.54) is 16.9 Å². The first kappa shape index (κ1) is 21.0. The summed E-state index contributed by atoms with van der Waals surface area (Å²) in [5.74, 6) is -2.76. The van der Waals surface area contributed by atoms with Gasteiger partial charge in [0.2, 0.25) is 5.78 Å². The number of likely N-dealkylation sites (N-methyl/N-ethyl adjacent to an activating group) is 1. The molecule has 8 nitrogen and oxygen atoms in total. The first-order chi connectivity index (χ1) is 15.9. The molecule has 0 fully saturated rings. The average molecular weight is 446 g/mol. The van der Waals surface area contributed by atoms with Crippen LogP contribution in [-0.4, -0.2) is 54.9 Å². The molecule has 1 N–H and O–H groups in total. The molecule has 1 atom stereocenters. The highest BCUT2D eigenvalue weighted by Gasteiger charge is 2.65. The fraction of sp³-hybridized carbons (Fsp3) is 0.240. The fourth-order valence-corrected chi connectivity index (χ4v) is 4.86. The Hall–Kier alpha value is -3.91. The third-order valence-electron chi connectivity index (χ3n) is 6.33. The Morgan fingerprint density at radius 2 is 1.85 bits per heavy atom. The van der Waals surface area contributed by atoms with Crippen molar-refractivity contribution < 1.29 is 28.6 Å². The first-order valence-corrected chi connectivity index (χ1v) is 10.6. The molecule has 1 aromatic heterocycles. The number of furan rings is 1. The summed E-state index contributed by atoms with van der Waals surface area (Å²) in [6.45, 7) is 0.459. The van der Waals surface area contributed by atoms with Crippen LogP contribution in [0.15, 0.2) is 70.3 Å². The number of fused-ring (bicyclic) bond motifs is 3. The molecule has 2 amide bonds. The van der Waals surface area contributed by atoms with Crippen LogP contribution >= 0.6 is 0 Å². The van der Waals surface area contributed by atoms with E-state index in [1.807, 2.05) is 6.07 Å². The van der Waals surface area contributed by atoms with E-state index in [2.05, 4.69) is 0 Å². The maximum Gasteiger partial charge on any atom is 0.290 e. The van der Waals surface area contributed by atoms with E-state index < -0.39 is 28.9 Å².